The maximum atomic E-state index is 11.2. The van der Waals surface area contributed by atoms with Gasteiger partial charge in [-0.05, 0) is 24.3 Å². The third-order valence-corrected chi connectivity index (χ3v) is 3.99. The summed E-state index contributed by atoms with van der Waals surface area (Å²) in [6, 6.07) is 20.2. The zero-order valence-corrected chi connectivity index (χ0v) is 12.2. The van der Waals surface area contributed by atoms with E-state index in [-0.39, 0.29) is 5.91 Å². The SMILES string of the molecule is O=C1CS/C(=N\CN(c2ccccc2)c2ccccc2)N1. The lowest BCUT2D eigenvalue weighted by Gasteiger charge is -2.23. The highest BCUT2D eigenvalue weighted by Crippen LogP contribution is 2.24. The van der Waals surface area contributed by atoms with Gasteiger partial charge in [-0.15, -0.1) is 0 Å². The van der Waals surface area contributed by atoms with E-state index in [0.717, 1.165) is 11.4 Å². The van der Waals surface area contributed by atoms with E-state index < -0.39 is 0 Å². The van der Waals surface area contributed by atoms with E-state index in [4.69, 9.17) is 0 Å². The van der Waals surface area contributed by atoms with Crippen LogP contribution in [0.2, 0.25) is 0 Å². The van der Waals surface area contributed by atoms with E-state index in [1.165, 1.54) is 11.8 Å². The summed E-state index contributed by atoms with van der Waals surface area (Å²) in [7, 11) is 0. The molecule has 1 N–H and O–H groups in total. The van der Waals surface area contributed by atoms with E-state index in [2.05, 4.69) is 15.2 Å². The average molecular weight is 297 g/mol. The van der Waals surface area contributed by atoms with E-state index in [0.29, 0.717) is 17.6 Å². The van der Waals surface area contributed by atoms with Gasteiger partial charge in [0.2, 0.25) is 5.91 Å². The fourth-order valence-electron chi connectivity index (χ4n) is 2.07. The molecule has 4 nitrogen and oxygen atoms in total. The first-order valence-electron chi connectivity index (χ1n) is 6.68. The molecule has 1 saturated heterocycles. The molecule has 2 aromatic carbocycles. The van der Waals surface area contributed by atoms with E-state index in [1.807, 2.05) is 60.7 Å². The number of anilines is 2. The molecule has 21 heavy (non-hydrogen) atoms. The van der Waals surface area contributed by atoms with Gasteiger partial charge in [0.1, 0.15) is 6.67 Å². The molecule has 0 bridgehead atoms. The monoisotopic (exact) mass is 297 g/mol. The number of benzene rings is 2. The van der Waals surface area contributed by atoms with Crippen molar-refractivity contribution in [2.75, 3.05) is 17.3 Å². The highest BCUT2D eigenvalue weighted by atomic mass is 32.2. The van der Waals surface area contributed by atoms with Gasteiger partial charge in [0.15, 0.2) is 5.17 Å². The molecule has 0 aromatic heterocycles. The number of nitrogens with zero attached hydrogens (tertiary/aromatic N) is 2. The maximum Gasteiger partial charge on any atom is 0.236 e. The van der Waals surface area contributed by atoms with Crippen molar-refractivity contribution in [2.45, 2.75) is 0 Å². The first-order valence-corrected chi connectivity index (χ1v) is 7.66. The van der Waals surface area contributed by atoms with Gasteiger partial charge < -0.3 is 10.2 Å². The van der Waals surface area contributed by atoms with Crippen molar-refractivity contribution in [1.82, 2.24) is 5.32 Å². The molecule has 106 valence electrons. The molecule has 0 saturated carbocycles. The van der Waals surface area contributed by atoms with Gasteiger partial charge in [0, 0.05) is 11.4 Å². The first-order chi connectivity index (χ1) is 10.3. The minimum absolute atomic E-state index is 0.0183. The number of hydrogen-bond acceptors (Lipinski definition) is 4. The standard InChI is InChI=1S/C16H15N3OS/c20-15-11-21-16(18-15)17-12-19(13-7-3-1-4-8-13)14-9-5-2-6-10-14/h1-10H,11-12H2,(H,17,18,20). The zero-order valence-electron chi connectivity index (χ0n) is 11.4. The average Bonchev–Trinajstić information content (AvgIpc) is 2.95. The molecular formula is C16H15N3OS. The van der Waals surface area contributed by atoms with Crippen molar-refractivity contribution >= 4 is 34.2 Å². The summed E-state index contributed by atoms with van der Waals surface area (Å²) in [5, 5.41) is 3.45. The van der Waals surface area contributed by atoms with Gasteiger partial charge in [0.05, 0.1) is 5.75 Å². The Morgan fingerprint density at radius 1 is 1.00 bits per heavy atom. The second-order valence-corrected chi connectivity index (χ2v) is 5.50. The number of amides is 1. The lowest BCUT2D eigenvalue weighted by atomic mass is 10.2. The maximum absolute atomic E-state index is 11.2. The smallest absolute Gasteiger partial charge is 0.236 e. The number of aliphatic imine (C=N–C) groups is 1. The van der Waals surface area contributed by atoms with Crippen molar-refractivity contribution < 1.29 is 4.79 Å². The van der Waals surface area contributed by atoms with Crippen molar-refractivity contribution in [1.29, 1.82) is 0 Å². The Bertz CT molecular complexity index is 604. The molecular weight excluding hydrogens is 282 g/mol. The highest BCUT2D eigenvalue weighted by molar-refractivity contribution is 8.15. The van der Waals surface area contributed by atoms with Gasteiger partial charge in [-0.3, -0.25) is 4.79 Å². The van der Waals surface area contributed by atoms with E-state index in [9.17, 15) is 4.79 Å². The minimum atomic E-state index is 0.0183. The Balaban J connectivity index is 1.85. The quantitative estimate of drug-likeness (QED) is 0.943. The lowest BCUT2D eigenvalue weighted by Crippen LogP contribution is -2.23. The number of hydrogen-bond donors (Lipinski definition) is 1. The molecule has 1 amide bonds. The molecule has 2 aromatic rings. The number of carbonyl (C=O) groups is 1. The second kappa shape index (κ2) is 6.45. The van der Waals surface area contributed by atoms with Crippen LogP contribution in [-0.4, -0.2) is 23.5 Å². The third-order valence-electron chi connectivity index (χ3n) is 3.08. The van der Waals surface area contributed by atoms with Gasteiger partial charge >= 0.3 is 0 Å². The fraction of sp³-hybridized carbons (Fsp3) is 0.125. The number of para-hydroxylation sites is 2. The van der Waals surface area contributed by atoms with Crippen LogP contribution < -0.4 is 10.2 Å². The summed E-state index contributed by atoms with van der Waals surface area (Å²) >= 11 is 1.45. The van der Waals surface area contributed by atoms with Crippen LogP contribution in [0.25, 0.3) is 0 Å². The van der Waals surface area contributed by atoms with Crippen LogP contribution in [0.5, 0.6) is 0 Å². The van der Waals surface area contributed by atoms with Crippen LogP contribution in [0.15, 0.2) is 65.7 Å². The summed E-state index contributed by atoms with van der Waals surface area (Å²) in [4.78, 5) is 17.8. The molecule has 1 aliphatic rings. The Hall–Kier alpha value is -2.27. The largest absolute Gasteiger partial charge is 0.321 e. The first kappa shape index (κ1) is 13.7. The summed E-state index contributed by atoms with van der Waals surface area (Å²) in [5.74, 6) is 0.472. The summed E-state index contributed by atoms with van der Waals surface area (Å²) in [6.45, 7) is 0.469. The molecule has 3 rings (SSSR count). The molecule has 5 heteroatoms. The highest BCUT2D eigenvalue weighted by Gasteiger charge is 2.17. The number of nitrogens with one attached hydrogen (secondary N) is 1. The molecule has 1 fully saturated rings. The van der Waals surface area contributed by atoms with Gasteiger partial charge in [-0.1, -0.05) is 48.2 Å². The Labute approximate surface area is 127 Å². The predicted molar refractivity (Wildman–Crippen MR) is 87.9 cm³/mol. The topological polar surface area (TPSA) is 44.7 Å². The summed E-state index contributed by atoms with van der Waals surface area (Å²) in [5.41, 5.74) is 2.14. The Morgan fingerprint density at radius 2 is 1.57 bits per heavy atom. The molecule has 0 spiro atoms. The third kappa shape index (κ3) is 3.44. The molecule has 0 aliphatic carbocycles. The molecule has 1 aliphatic heterocycles. The lowest BCUT2D eigenvalue weighted by molar-refractivity contribution is -0.116. The van der Waals surface area contributed by atoms with Crippen molar-refractivity contribution in [3.63, 3.8) is 0 Å². The van der Waals surface area contributed by atoms with Gasteiger partial charge in [-0.25, -0.2) is 4.99 Å². The second-order valence-electron chi connectivity index (χ2n) is 4.54. The van der Waals surface area contributed by atoms with Crippen LogP contribution in [-0.2, 0) is 4.79 Å². The van der Waals surface area contributed by atoms with Crippen LogP contribution in [0.4, 0.5) is 11.4 Å². The number of thioether (sulfide) groups is 1. The molecule has 1 heterocycles. The normalized spacial score (nSPS) is 16.0. The fourth-order valence-corrected chi connectivity index (χ4v) is 2.75. The number of amidine groups is 1. The van der Waals surface area contributed by atoms with Crippen LogP contribution >= 0.6 is 11.8 Å². The number of rotatable bonds is 4. The minimum Gasteiger partial charge on any atom is -0.321 e. The summed E-state index contributed by atoms with van der Waals surface area (Å²) < 4.78 is 0. The predicted octanol–water partition coefficient (Wildman–Crippen LogP) is 3.00. The Morgan fingerprint density at radius 3 is 2.05 bits per heavy atom. The van der Waals surface area contributed by atoms with Crippen LogP contribution in [0, 0.1) is 0 Å². The van der Waals surface area contributed by atoms with Crippen LogP contribution in [0.1, 0.15) is 0 Å². The summed E-state index contributed by atoms with van der Waals surface area (Å²) in [6.07, 6.45) is 0. The van der Waals surface area contributed by atoms with Gasteiger partial charge in [0.25, 0.3) is 0 Å². The molecule has 0 unspecified atom stereocenters. The Kier molecular flexibility index (Phi) is 4.21. The van der Waals surface area contributed by atoms with Crippen molar-refractivity contribution in [3.8, 4) is 0 Å². The van der Waals surface area contributed by atoms with Crippen LogP contribution in [0.3, 0.4) is 0 Å². The van der Waals surface area contributed by atoms with Crippen molar-refractivity contribution in [2.24, 2.45) is 4.99 Å². The number of carbonyl (C=O) groups excluding carboxylic acids is 1. The van der Waals surface area contributed by atoms with E-state index >= 15 is 0 Å². The molecule has 0 radical (unpaired) electrons. The van der Waals surface area contributed by atoms with Crippen molar-refractivity contribution in [3.05, 3.63) is 60.7 Å². The van der Waals surface area contributed by atoms with Gasteiger partial charge in [-0.2, -0.15) is 0 Å². The molecule has 0 atom stereocenters. The zero-order chi connectivity index (χ0) is 14.5. The van der Waals surface area contributed by atoms with E-state index in [1.54, 1.807) is 0 Å².